The molecule has 0 radical (unpaired) electrons. The van der Waals surface area contributed by atoms with Crippen molar-refractivity contribution in [3.63, 3.8) is 0 Å². The highest BCUT2D eigenvalue weighted by Crippen LogP contribution is 2.30. The molecule has 2 rings (SSSR count). The minimum absolute atomic E-state index is 0.0545. The second-order valence-corrected chi connectivity index (χ2v) is 6.62. The van der Waals surface area contributed by atoms with E-state index in [1.807, 2.05) is 18.2 Å². The summed E-state index contributed by atoms with van der Waals surface area (Å²) in [6.07, 6.45) is 0. The summed E-state index contributed by atoms with van der Waals surface area (Å²) in [6.45, 7) is 3.11. The molecular formula is C19H26ClFN2O2+2. The number of halogens is 2. The van der Waals surface area contributed by atoms with Crippen molar-refractivity contribution in [1.29, 1.82) is 0 Å². The lowest BCUT2D eigenvalue weighted by Crippen LogP contribution is -3.09. The average Bonchev–Trinajstić information content (AvgIpc) is 2.58. The molecule has 3 N–H and O–H groups in total. The first-order chi connectivity index (χ1) is 12.0. The van der Waals surface area contributed by atoms with Gasteiger partial charge in [0.2, 0.25) is 0 Å². The number of nitrogens with two attached hydrogens (primary N) is 1. The molecule has 0 aliphatic heterocycles. The summed E-state index contributed by atoms with van der Waals surface area (Å²) < 4.78 is 25.0. The van der Waals surface area contributed by atoms with Crippen LogP contribution in [-0.2, 0) is 13.2 Å². The summed E-state index contributed by atoms with van der Waals surface area (Å²) in [5.74, 6) is 0.834. The molecule has 4 nitrogen and oxygen atoms in total. The minimum atomic E-state index is -0.374. The van der Waals surface area contributed by atoms with Crippen LogP contribution in [0.3, 0.4) is 0 Å². The maximum atomic E-state index is 13.8. The molecule has 2 aromatic carbocycles. The van der Waals surface area contributed by atoms with Crippen LogP contribution < -0.4 is 19.7 Å². The number of benzene rings is 2. The molecule has 0 atom stereocenters. The van der Waals surface area contributed by atoms with E-state index in [4.69, 9.17) is 21.1 Å². The van der Waals surface area contributed by atoms with E-state index >= 15 is 0 Å². The Bertz CT molecular complexity index is 675. The number of ether oxygens (including phenoxy) is 2. The highest BCUT2D eigenvalue weighted by molar-refractivity contribution is 6.31. The Kier molecular flexibility index (Phi) is 7.50. The second kappa shape index (κ2) is 9.61. The molecule has 0 saturated carbocycles. The third-order valence-electron chi connectivity index (χ3n) is 3.89. The van der Waals surface area contributed by atoms with Gasteiger partial charge in [-0.15, -0.1) is 0 Å². The minimum Gasteiger partial charge on any atom is -0.493 e. The van der Waals surface area contributed by atoms with Crippen LogP contribution in [0, 0.1) is 5.82 Å². The van der Waals surface area contributed by atoms with E-state index in [2.05, 4.69) is 19.4 Å². The molecule has 0 saturated heterocycles. The van der Waals surface area contributed by atoms with Crippen molar-refractivity contribution >= 4 is 11.6 Å². The van der Waals surface area contributed by atoms with Gasteiger partial charge in [0.15, 0.2) is 11.5 Å². The maximum Gasteiger partial charge on any atom is 0.161 e. The van der Waals surface area contributed by atoms with Crippen molar-refractivity contribution in [2.24, 2.45) is 0 Å². The molecule has 25 heavy (non-hydrogen) atoms. The zero-order chi connectivity index (χ0) is 18.2. The largest absolute Gasteiger partial charge is 0.493 e. The average molecular weight is 369 g/mol. The van der Waals surface area contributed by atoms with Gasteiger partial charge in [0.1, 0.15) is 32.1 Å². The second-order valence-electron chi connectivity index (χ2n) is 6.21. The van der Waals surface area contributed by atoms with E-state index in [9.17, 15) is 4.39 Å². The highest BCUT2D eigenvalue weighted by atomic mass is 35.5. The molecule has 0 fully saturated rings. The number of hydrogen-bond donors (Lipinski definition) is 2. The SMILES string of the molecule is COc1cc(C[NH2+]CC[NH+](C)C)ccc1OCc1c(F)cccc1Cl. The first kappa shape index (κ1) is 19.5. The molecular weight excluding hydrogens is 343 g/mol. The van der Waals surface area contributed by atoms with Crippen LogP contribution in [-0.4, -0.2) is 34.3 Å². The van der Waals surface area contributed by atoms with Crippen LogP contribution in [0.5, 0.6) is 11.5 Å². The van der Waals surface area contributed by atoms with Crippen LogP contribution in [0.25, 0.3) is 0 Å². The summed E-state index contributed by atoms with van der Waals surface area (Å²) in [5, 5.41) is 2.62. The third kappa shape index (κ3) is 5.88. The van der Waals surface area contributed by atoms with E-state index < -0.39 is 0 Å². The summed E-state index contributed by atoms with van der Waals surface area (Å²) in [4.78, 5) is 1.43. The molecule has 6 heteroatoms. The van der Waals surface area contributed by atoms with Crippen LogP contribution in [0.4, 0.5) is 4.39 Å². The van der Waals surface area contributed by atoms with Crippen molar-refractivity contribution in [3.8, 4) is 11.5 Å². The van der Waals surface area contributed by atoms with Crippen molar-refractivity contribution in [2.75, 3.05) is 34.3 Å². The van der Waals surface area contributed by atoms with Gasteiger partial charge in [-0.1, -0.05) is 17.7 Å². The number of methoxy groups -OCH3 is 1. The molecule has 0 spiro atoms. The van der Waals surface area contributed by atoms with Gasteiger partial charge in [-0.3, -0.25) is 0 Å². The summed E-state index contributed by atoms with van der Waals surface area (Å²) in [7, 11) is 5.89. The van der Waals surface area contributed by atoms with Gasteiger partial charge >= 0.3 is 0 Å². The predicted molar refractivity (Wildman–Crippen MR) is 96.9 cm³/mol. The van der Waals surface area contributed by atoms with Gasteiger partial charge in [-0.2, -0.15) is 0 Å². The Labute approximate surface area is 153 Å². The van der Waals surface area contributed by atoms with Gasteiger partial charge in [0.05, 0.1) is 26.2 Å². The fourth-order valence-electron chi connectivity index (χ4n) is 2.44. The fourth-order valence-corrected chi connectivity index (χ4v) is 2.66. The lowest BCUT2D eigenvalue weighted by atomic mass is 10.2. The Morgan fingerprint density at radius 3 is 2.64 bits per heavy atom. The molecule has 0 unspecified atom stereocenters. The number of nitrogens with one attached hydrogen (secondary N) is 1. The van der Waals surface area contributed by atoms with Crippen LogP contribution in [0.1, 0.15) is 11.1 Å². The Hall–Kier alpha value is -1.82. The van der Waals surface area contributed by atoms with E-state index in [1.54, 1.807) is 19.2 Å². The lowest BCUT2D eigenvalue weighted by molar-refractivity contribution is -0.875. The number of quaternary nitrogens is 2. The zero-order valence-electron chi connectivity index (χ0n) is 14.9. The summed E-state index contributed by atoms with van der Waals surface area (Å²) in [6, 6.07) is 10.4. The smallest absolute Gasteiger partial charge is 0.161 e. The zero-order valence-corrected chi connectivity index (χ0v) is 15.7. The summed E-state index contributed by atoms with van der Waals surface area (Å²) in [5.41, 5.74) is 1.50. The van der Waals surface area contributed by atoms with Crippen LogP contribution in [0.15, 0.2) is 36.4 Å². The van der Waals surface area contributed by atoms with Crippen LogP contribution >= 0.6 is 11.6 Å². The monoisotopic (exact) mass is 368 g/mol. The lowest BCUT2D eigenvalue weighted by Gasteiger charge is -2.13. The molecule has 0 bridgehead atoms. The Morgan fingerprint density at radius 2 is 1.96 bits per heavy atom. The Morgan fingerprint density at radius 1 is 1.16 bits per heavy atom. The molecule has 0 heterocycles. The predicted octanol–water partition coefficient (Wildman–Crippen LogP) is 1.27. The van der Waals surface area contributed by atoms with Crippen molar-refractivity contribution in [2.45, 2.75) is 13.2 Å². The molecule has 0 aromatic heterocycles. The normalized spacial score (nSPS) is 11.0. The Balaban J connectivity index is 1.99. The molecule has 136 valence electrons. The summed E-state index contributed by atoms with van der Waals surface area (Å²) >= 11 is 6.03. The maximum absolute atomic E-state index is 13.8. The third-order valence-corrected chi connectivity index (χ3v) is 4.24. The standard InChI is InChI=1S/C19H24ClFN2O2/c1-23(2)10-9-22-12-14-7-8-18(19(11-14)24-3)25-13-15-16(20)5-4-6-17(15)21/h4-8,11,22H,9-10,12-13H2,1-3H3/p+2. The molecule has 0 aliphatic rings. The van der Waals surface area contributed by atoms with E-state index in [0.29, 0.717) is 22.1 Å². The van der Waals surface area contributed by atoms with Gasteiger partial charge in [0.25, 0.3) is 0 Å². The van der Waals surface area contributed by atoms with Gasteiger partial charge in [-0.05, 0) is 30.3 Å². The van der Waals surface area contributed by atoms with Crippen LogP contribution in [0.2, 0.25) is 5.02 Å². The van der Waals surface area contributed by atoms with E-state index in [-0.39, 0.29) is 12.4 Å². The topological polar surface area (TPSA) is 39.5 Å². The number of likely N-dealkylation sites (N-methyl/N-ethyl adjacent to an activating group) is 1. The van der Waals surface area contributed by atoms with Gasteiger partial charge in [0, 0.05) is 11.1 Å². The van der Waals surface area contributed by atoms with Gasteiger partial charge < -0.3 is 19.7 Å². The first-order valence-electron chi connectivity index (χ1n) is 8.34. The highest BCUT2D eigenvalue weighted by Gasteiger charge is 2.11. The molecule has 2 aromatic rings. The fraction of sp³-hybridized carbons (Fsp3) is 0.368. The number of rotatable bonds is 9. The number of hydrogen-bond acceptors (Lipinski definition) is 2. The van der Waals surface area contributed by atoms with E-state index in [0.717, 1.165) is 25.2 Å². The first-order valence-corrected chi connectivity index (χ1v) is 8.72. The quantitative estimate of drug-likeness (QED) is 0.654. The van der Waals surface area contributed by atoms with Crippen molar-refractivity contribution < 1.29 is 24.1 Å². The van der Waals surface area contributed by atoms with E-state index in [1.165, 1.54) is 11.0 Å². The molecule has 0 amide bonds. The molecule has 0 aliphatic carbocycles. The van der Waals surface area contributed by atoms with Gasteiger partial charge in [-0.25, -0.2) is 4.39 Å². The van der Waals surface area contributed by atoms with Crippen molar-refractivity contribution in [3.05, 3.63) is 58.4 Å². The van der Waals surface area contributed by atoms with Crippen molar-refractivity contribution in [1.82, 2.24) is 0 Å².